The Balaban J connectivity index is 1.18. The van der Waals surface area contributed by atoms with E-state index in [2.05, 4.69) is 66.2 Å². The fraction of sp³-hybridized carbons (Fsp3) is 0.542. The number of anilines is 1. The molecule has 2 aliphatic rings. The summed E-state index contributed by atoms with van der Waals surface area (Å²) in [6.07, 6.45) is 6.10. The summed E-state index contributed by atoms with van der Waals surface area (Å²) in [6, 6.07) is 10.8. The highest BCUT2D eigenvalue weighted by atomic mass is 15.4. The number of benzene rings is 1. The first-order valence-corrected chi connectivity index (χ1v) is 11.5. The first-order chi connectivity index (χ1) is 15.2. The predicted octanol–water partition coefficient (Wildman–Crippen LogP) is 2.39. The molecular formula is C24H35N7. The second-order valence-corrected chi connectivity index (χ2v) is 8.66. The molecule has 0 atom stereocenters. The number of aromatic nitrogens is 2. The number of aliphatic imine (C=N–C) groups is 1. The average molecular weight is 422 g/mol. The summed E-state index contributed by atoms with van der Waals surface area (Å²) in [7, 11) is 1.89. The SMILES string of the molecule is CN=C(NCC1CCN(Cc2ccc(C)cc2)CC1)N1CCN(c2ncccn2)CC1. The van der Waals surface area contributed by atoms with E-state index >= 15 is 0 Å². The molecule has 7 heteroatoms. The number of rotatable bonds is 5. The van der Waals surface area contributed by atoms with Gasteiger partial charge in [-0.1, -0.05) is 29.8 Å². The van der Waals surface area contributed by atoms with Crippen molar-refractivity contribution in [1.29, 1.82) is 0 Å². The highest BCUT2D eigenvalue weighted by Gasteiger charge is 2.23. The smallest absolute Gasteiger partial charge is 0.225 e. The third-order valence-corrected chi connectivity index (χ3v) is 6.41. The Kier molecular flexibility index (Phi) is 7.35. The van der Waals surface area contributed by atoms with Gasteiger partial charge in [-0.15, -0.1) is 0 Å². The van der Waals surface area contributed by atoms with E-state index < -0.39 is 0 Å². The van der Waals surface area contributed by atoms with Crippen LogP contribution in [0.25, 0.3) is 0 Å². The molecule has 0 unspecified atom stereocenters. The number of likely N-dealkylation sites (tertiary alicyclic amines) is 1. The van der Waals surface area contributed by atoms with Crippen LogP contribution in [-0.2, 0) is 6.54 Å². The number of piperidine rings is 1. The minimum Gasteiger partial charge on any atom is -0.356 e. The van der Waals surface area contributed by atoms with E-state index in [1.165, 1.54) is 37.1 Å². The van der Waals surface area contributed by atoms with Crippen molar-refractivity contribution in [1.82, 2.24) is 25.1 Å². The summed E-state index contributed by atoms with van der Waals surface area (Å²) < 4.78 is 0. The van der Waals surface area contributed by atoms with Gasteiger partial charge < -0.3 is 15.1 Å². The van der Waals surface area contributed by atoms with E-state index in [-0.39, 0.29) is 0 Å². The molecule has 2 saturated heterocycles. The van der Waals surface area contributed by atoms with Gasteiger partial charge in [-0.3, -0.25) is 9.89 Å². The molecule has 2 aliphatic heterocycles. The van der Waals surface area contributed by atoms with Crippen molar-refractivity contribution in [3.63, 3.8) is 0 Å². The number of nitrogens with zero attached hydrogens (tertiary/aromatic N) is 6. The third-order valence-electron chi connectivity index (χ3n) is 6.41. The van der Waals surface area contributed by atoms with Gasteiger partial charge >= 0.3 is 0 Å². The quantitative estimate of drug-likeness (QED) is 0.591. The number of guanidine groups is 1. The first-order valence-electron chi connectivity index (χ1n) is 11.5. The molecule has 2 aromatic rings. The standard InChI is InChI=1S/C24H35N7/c1-20-4-6-22(7-5-20)19-29-12-8-21(9-13-29)18-28-23(25-2)30-14-16-31(17-15-30)24-26-10-3-11-27-24/h3-7,10-11,21H,8-9,12-19H2,1-2H3,(H,25,28). The van der Waals surface area contributed by atoms with Crippen molar-refractivity contribution in [2.24, 2.45) is 10.9 Å². The van der Waals surface area contributed by atoms with Crippen molar-refractivity contribution in [2.75, 3.05) is 57.8 Å². The fourth-order valence-electron chi connectivity index (χ4n) is 4.44. The molecule has 1 N–H and O–H groups in total. The minimum absolute atomic E-state index is 0.713. The third kappa shape index (κ3) is 5.94. The van der Waals surface area contributed by atoms with Crippen LogP contribution >= 0.6 is 0 Å². The molecule has 0 spiro atoms. The zero-order valence-corrected chi connectivity index (χ0v) is 18.9. The van der Waals surface area contributed by atoms with Crippen LogP contribution in [0.4, 0.5) is 5.95 Å². The molecule has 0 amide bonds. The van der Waals surface area contributed by atoms with Crippen LogP contribution in [0.15, 0.2) is 47.7 Å². The molecule has 1 aromatic heterocycles. The monoisotopic (exact) mass is 421 g/mol. The number of hydrogen-bond acceptors (Lipinski definition) is 5. The molecule has 4 rings (SSSR count). The van der Waals surface area contributed by atoms with E-state index in [0.29, 0.717) is 5.92 Å². The lowest BCUT2D eigenvalue weighted by molar-refractivity contribution is 0.177. The zero-order valence-electron chi connectivity index (χ0n) is 18.9. The van der Waals surface area contributed by atoms with Crippen molar-refractivity contribution < 1.29 is 0 Å². The minimum atomic E-state index is 0.713. The van der Waals surface area contributed by atoms with Crippen molar-refractivity contribution >= 4 is 11.9 Å². The highest BCUT2D eigenvalue weighted by Crippen LogP contribution is 2.19. The highest BCUT2D eigenvalue weighted by molar-refractivity contribution is 5.80. The second kappa shape index (κ2) is 10.6. The lowest BCUT2D eigenvalue weighted by atomic mass is 9.96. The molecule has 0 aliphatic carbocycles. The van der Waals surface area contributed by atoms with Gasteiger partial charge in [0, 0.05) is 58.7 Å². The summed E-state index contributed by atoms with van der Waals surface area (Å²) in [5, 5.41) is 3.64. The molecule has 0 radical (unpaired) electrons. The maximum Gasteiger partial charge on any atom is 0.225 e. The van der Waals surface area contributed by atoms with Crippen LogP contribution in [0.3, 0.4) is 0 Å². The van der Waals surface area contributed by atoms with Crippen LogP contribution in [-0.4, -0.2) is 78.6 Å². The molecule has 166 valence electrons. The Morgan fingerprint density at radius 3 is 2.32 bits per heavy atom. The van der Waals surface area contributed by atoms with Gasteiger partial charge in [-0.05, 0) is 50.4 Å². The van der Waals surface area contributed by atoms with Gasteiger partial charge in [0.2, 0.25) is 5.95 Å². The van der Waals surface area contributed by atoms with E-state index in [1.54, 1.807) is 12.4 Å². The molecule has 3 heterocycles. The molecule has 1 aromatic carbocycles. The van der Waals surface area contributed by atoms with Gasteiger partial charge in [0.25, 0.3) is 0 Å². The van der Waals surface area contributed by atoms with Gasteiger partial charge in [0.1, 0.15) is 0 Å². The summed E-state index contributed by atoms with van der Waals surface area (Å²) >= 11 is 0. The summed E-state index contributed by atoms with van der Waals surface area (Å²) in [6.45, 7) is 10.3. The Labute approximate surface area is 186 Å². The molecule has 0 saturated carbocycles. The van der Waals surface area contributed by atoms with Gasteiger partial charge in [0.15, 0.2) is 5.96 Å². The first kappa shape index (κ1) is 21.6. The normalized spacial score (nSPS) is 19.0. The largest absolute Gasteiger partial charge is 0.356 e. The summed E-state index contributed by atoms with van der Waals surface area (Å²) in [5.41, 5.74) is 2.75. The average Bonchev–Trinajstić information content (AvgIpc) is 2.83. The molecule has 31 heavy (non-hydrogen) atoms. The Hall–Kier alpha value is -2.67. The zero-order chi connectivity index (χ0) is 21.5. The van der Waals surface area contributed by atoms with E-state index in [1.807, 2.05) is 13.1 Å². The Morgan fingerprint density at radius 2 is 1.68 bits per heavy atom. The molecular weight excluding hydrogens is 386 g/mol. The lowest BCUT2D eigenvalue weighted by Crippen LogP contribution is -2.53. The van der Waals surface area contributed by atoms with Crippen LogP contribution < -0.4 is 10.2 Å². The topological polar surface area (TPSA) is 59.9 Å². The summed E-state index contributed by atoms with van der Waals surface area (Å²) in [4.78, 5) is 20.5. The van der Waals surface area contributed by atoms with Crippen molar-refractivity contribution in [3.8, 4) is 0 Å². The van der Waals surface area contributed by atoms with Crippen molar-refractivity contribution in [3.05, 3.63) is 53.9 Å². The van der Waals surface area contributed by atoms with Gasteiger partial charge in [0.05, 0.1) is 0 Å². The van der Waals surface area contributed by atoms with Crippen molar-refractivity contribution in [2.45, 2.75) is 26.3 Å². The van der Waals surface area contributed by atoms with Crippen LogP contribution in [0.5, 0.6) is 0 Å². The fourth-order valence-corrected chi connectivity index (χ4v) is 4.44. The van der Waals surface area contributed by atoms with Crippen LogP contribution in [0.2, 0.25) is 0 Å². The Morgan fingerprint density at radius 1 is 1.00 bits per heavy atom. The van der Waals surface area contributed by atoms with E-state index in [0.717, 1.165) is 51.2 Å². The molecule has 7 nitrogen and oxygen atoms in total. The number of aryl methyl sites for hydroxylation is 1. The predicted molar refractivity (Wildman–Crippen MR) is 126 cm³/mol. The van der Waals surface area contributed by atoms with Gasteiger partial charge in [-0.2, -0.15) is 0 Å². The summed E-state index contributed by atoms with van der Waals surface area (Å²) in [5.74, 6) is 2.56. The van der Waals surface area contributed by atoms with E-state index in [9.17, 15) is 0 Å². The second-order valence-electron chi connectivity index (χ2n) is 8.66. The number of piperazine rings is 1. The number of nitrogens with one attached hydrogen (secondary N) is 1. The molecule has 2 fully saturated rings. The lowest BCUT2D eigenvalue weighted by Gasteiger charge is -2.37. The maximum atomic E-state index is 4.54. The van der Waals surface area contributed by atoms with E-state index in [4.69, 9.17) is 0 Å². The van der Waals surface area contributed by atoms with Crippen LogP contribution in [0.1, 0.15) is 24.0 Å². The molecule has 0 bridgehead atoms. The van der Waals surface area contributed by atoms with Crippen LogP contribution in [0, 0.1) is 12.8 Å². The number of hydrogen-bond donors (Lipinski definition) is 1. The van der Waals surface area contributed by atoms with Gasteiger partial charge in [-0.25, -0.2) is 9.97 Å². The maximum absolute atomic E-state index is 4.54. The Bertz CT molecular complexity index is 821.